The minimum Gasteiger partial charge on any atom is -0.368 e. The van der Waals surface area contributed by atoms with Gasteiger partial charge >= 0.3 is 0 Å². The molecule has 0 atom stereocenters. The number of anilines is 1. The average Bonchev–Trinajstić information content (AvgIpc) is 2.50. The highest BCUT2D eigenvalue weighted by molar-refractivity contribution is 7.93. The van der Waals surface area contributed by atoms with Crippen molar-refractivity contribution in [2.45, 2.75) is 25.6 Å². The van der Waals surface area contributed by atoms with Gasteiger partial charge in [0.2, 0.25) is 15.9 Å². The van der Waals surface area contributed by atoms with Crippen molar-refractivity contribution in [3.8, 4) is 0 Å². The van der Waals surface area contributed by atoms with Crippen LogP contribution in [0.25, 0.3) is 0 Å². The third-order valence-corrected chi connectivity index (χ3v) is 3.59. The number of hydrogen-bond acceptors (Lipinski definition) is 4. The number of primary amides is 1. The number of aromatic nitrogens is 2. The molecule has 1 rings (SSSR count). The summed E-state index contributed by atoms with van der Waals surface area (Å²) in [5.74, 6) is -0.540. The molecule has 0 aliphatic rings. The van der Waals surface area contributed by atoms with Gasteiger partial charge < -0.3 is 5.73 Å². The molecule has 3 N–H and O–H groups in total. The van der Waals surface area contributed by atoms with Crippen LogP contribution in [0.15, 0.2) is 12.4 Å². The fraction of sp³-hybridized carbons (Fsp3) is 0.500. The largest absolute Gasteiger partial charge is 0.368 e. The first-order valence-corrected chi connectivity index (χ1v) is 6.18. The Balaban J connectivity index is 2.77. The first-order valence-electron chi connectivity index (χ1n) is 4.63. The van der Waals surface area contributed by atoms with E-state index in [1.807, 2.05) is 0 Å². The maximum atomic E-state index is 11.5. The molecule has 0 saturated carbocycles. The van der Waals surface area contributed by atoms with E-state index >= 15 is 0 Å². The summed E-state index contributed by atoms with van der Waals surface area (Å²) < 4.78 is 26.6. The molecular formula is C8H14N4O3S. The molecular weight excluding hydrogens is 232 g/mol. The Bertz CT molecular complexity index is 477. The molecule has 0 aliphatic heterocycles. The van der Waals surface area contributed by atoms with Crippen molar-refractivity contribution in [2.24, 2.45) is 5.73 Å². The van der Waals surface area contributed by atoms with E-state index in [-0.39, 0.29) is 6.54 Å². The Kier molecular flexibility index (Phi) is 3.53. The second-order valence-electron chi connectivity index (χ2n) is 3.59. The molecule has 8 heteroatoms. The maximum absolute atomic E-state index is 11.5. The van der Waals surface area contributed by atoms with E-state index in [0.29, 0.717) is 5.69 Å². The molecule has 0 unspecified atom stereocenters. The van der Waals surface area contributed by atoms with Crippen LogP contribution in [-0.4, -0.2) is 29.4 Å². The van der Waals surface area contributed by atoms with Crippen LogP contribution in [-0.2, 0) is 21.4 Å². The Morgan fingerprint density at radius 1 is 1.62 bits per heavy atom. The molecule has 7 nitrogen and oxygen atoms in total. The molecule has 90 valence electrons. The average molecular weight is 246 g/mol. The summed E-state index contributed by atoms with van der Waals surface area (Å²) in [7, 11) is -3.39. The molecule has 0 fully saturated rings. The van der Waals surface area contributed by atoms with Crippen molar-refractivity contribution in [3.05, 3.63) is 12.4 Å². The van der Waals surface area contributed by atoms with E-state index < -0.39 is 21.2 Å². The number of hydrogen-bond donors (Lipinski definition) is 2. The molecule has 16 heavy (non-hydrogen) atoms. The smallest absolute Gasteiger partial charge is 0.239 e. The van der Waals surface area contributed by atoms with E-state index in [0.717, 1.165) is 0 Å². The summed E-state index contributed by atoms with van der Waals surface area (Å²) in [6.07, 6.45) is 2.73. The minimum absolute atomic E-state index is 0.0800. The molecule has 0 bridgehead atoms. The van der Waals surface area contributed by atoms with Gasteiger partial charge in [-0.3, -0.25) is 14.2 Å². The van der Waals surface area contributed by atoms with E-state index in [1.54, 1.807) is 13.8 Å². The van der Waals surface area contributed by atoms with E-state index in [4.69, 9.17) is 5.73 Å². The number of nitrogens with one attached hydrogen (secondary N) is 1. The summed E-state index contributed by atoms with van der Waals surface area (Å²) in [6, 6.07) is 0. The summed E-state index contributed by atoms with van der Waals surface area (Å²) in [6.45, 7) is 3.05. The highest BCUT2D eigenvalue weighted by atomic mass is 32.2. The predicted molar refractivity (Wildman–Crippen MR) is 59.1 cm³/mol. The maximum Gasteiger partial charge on any atom is 0.239 e. The van der Waals surface area contributed by atoms with Gasteiger partial charge in [0.15, 0.2) is 0 Å². The fourth-order valence-electron chi connectivity index (χ4n) is 0.945. The van der Waals surface area contributed by atoms with Crippen LogP contribution >= 0.6 is 0 Å². The lowest BCUT2D eigenvalue weighted by molar-refractivity contribution is -0.118. The summed E-state index contributed by atoms with van der Waals surface area (Å²) in [4.78, 5) is 10.6. The summed E-state index contributed by atoms with van der Waals surface area (Å²) >= 11 is 0. The van der Waals surface area contributed by atoms with Gasteiger partial charge in [-0.2, -0.15) is 5.10 Å². The number of carbonyl (C=O) groups excluding carboxylic acids is 1. The highest BCUT2D eigenvalue weighted by Gasteiger charge is 2.16. The zero-order valence-electron chi connectivity index (χ0n) is 9.04. The van der Waals surface area contributed by atoms with E-state index in [1.165, 1.54) is 17.1 Å². The first-order chi connectivity index (χ1) is 7.31. The predicted octanol–water partition coefficient (Wildman–Crippen LogP) is -0.481. The van der Waals surface area contributed by atoms with Crippen LogP contribution in [0, 0.1) is 0 Å². The molecule has 0 aromatic carbocycles. The van der Waals surface area contributed by atoms with Gasteiger partial charge in [0, 0.05) is 6.20 Å². The highest BCUT2D eigenvalue weighted by Crippen LogP contribution is 2.10. The Morgan fingerprint density at radius 2 is 2.25 bits per heavy atom. The zero-order chi connectivity index (χ0) is 12.3. The summed E-state index contributed by atoms with van der Waals surface area (Å²) in [5.41, 5.74) is 5.29. The fourth-order valence-corrected chi connectivity index (χ4v) is 1.61. The molecule has 0 radical (unpaired) electrons. The quantitative estimate of drug-likeness (QED) is 0.731. The van der Waals surface area contributed by atoms with Gasteiger partial charge in [-0.05, 0) is 13.8 Å². The van der Waals surface area contributed by atoms with E-state index in [2.05, 4.69) is 9.82 Å². The van der Waals surface area contributed by atoms with Crippen LogP contribution in [0.5, 0.6) is 0 Å². The lowest BCUT2D eigenvalue weighted by Crippen LogP contribution is -2.22. The SMILES string of the molecule is CC(C)S(=O)(=O)Nc1cnn(CC(N)=O)c1. The number of nitrogens with zero attached hydrogens (tertiary/aromatic N) is 2. The number of carbonyl (C=O) groups is 1. The molecule has 1 aromatic heterocycles. The normalized spacial score (nSPS) is 11.7. The first kappa shape index (κ1) is 12.5. The van der Waals surface area contributed by atoms with Crippen molar-refractivity contribution in [1.29, 1.82) is 0 Å². The topological polar surface area (TPSA) is 107 Å². The van der Waals surface area contributed by atoms with Gasteiger partial charge in [0.05, 0.1) is 17.1 Å². The second-order valence-corrected chi connectivity index (χ2v) is 5.83. The number of sulfonamides is 1. The molecule has 1 aromatic rings. The molecule has 0 spiro atoms. The Labute approximate surface area is 93.7 Å². The zero-order valence-corrected chi connectivity index (χ0v) is 9.86. The van der Waals surface area contributed by atoms with Crippen molar-refractivity contribution in [2.75, 3.05) is 4.72 Å². The van der Waals surface area contributed by atoms with Crippen LogP contribution < -0.4 is 10.5 Å². The van der Waals surface area contributed by atoms with Crippen molar-refractivity contribution in [1.82, 2.24) is 9.78 Å². The minimum atomic E-state index is -3.39. The number of amides is 1. The van der Waals surface area contributed by atoms with Crippen molar-refractivity contribution in [3.63, 3.8) is 0 Å². The lowest BCUT2D eigenvalue weighted by Gasteiger charge is -2.07. The van der Waals surface area contributed by atoms with E-state index in [9.17, 15) is 13.2 Å². The molecule has 0 aliphatic carbocycles. The third kappa shape index (κ3) is 3.23. The van der Waals surface area contributed by atoms with Crippen LogP contribution in [0.1, 0.15) is 13.8 Å². The Morgan fingerprint density at radius 3 is 2.75 bits per heavy atom. The van der Waals surface area contributed by atoms with Gasteiger partial charge in [-0.25, -0.2) is 8.42 Å². The van der Waals surface area contributed by atoms with Gasteiger partial charge in [0.25, 0.3) is 0 Å². The number of rotatable bonds is 5. The standard InChI is InChI=1S/C8H14N4O3S/c1-6(2)16(14,15)11-7-3-10-12(4-7)5-8(9)13/h3-4,6,11H,5H2,1-2H3,(H2,9,13). The third-order valence-electron chi connectivity index (χ3n) is 1.83. The molecule has 1 heterocycles. The van der Waals surface area contributed by atoms with Gasteiger partial charge in [-0.15, -0.1) is 0 Å². The number of nitrogens with two attached hydrogens (primary N) is 1. The van der Waals surface area contributed by atoms with Crippen molar-refractivity contribution >= 4 is 21.6 Å². The monoisotopic (exact) mass is 246 g/mol. The van der Waals surface area contributed by atoms with Crippen LogP contribution in [0.4, 0.5) is 5.69 Å². The molecule has 1 amide bonds. The van der Waals surface area contributed by atoms with Crippen LogP contribution in [0.3, 0.4) is 0 Å². The van der Waals surface area contributed by atoms with Crippen molar-refractivity contribution < 1.29 is 13.2 Å². The Hall–Kier alpha value is -1.57. The van der Waals surface area contributed by atoms with Gasteiger partial charge in [0.1, 0.15) is 6.54 Å². The lowest BCUT2D eigenvalue weighted by atomic mass is 10.6. The van der Waals surface area contributed by atoms with Gasteiger partial charge in [-0.1, -0.05) is 0 Å². The van der Waals surface area contributed by atoms with Crippen LogP contribution in [0.2, 0.25) is 0 Å². The molecule has 0 saturated heterocycles. The second kappa shape index (κ2) is 4.52. The summed E-state index contributed by atoms with van der Waals surface area (Å²) in [5, 5.41) is 3.25.